The number of halogens is 2. The van der Waals surface area contributed by atoms with Crippen LogP contribution in [0.4, 0.5) is 0 Å². The van der Waals surface area contributed by atoms with Crippen molar-refractivity contribution in [3.63, 3.8) is 0 Å². The van der Waals surface area contributed by atoms with E-state index in [1.165, 1.54) is 16.7 Å². The molecule has 1 aromatic rings. The standard InChI is InChI=1S/C28H40Cl2N6O5S2/c1-43(39,40)35-23(6-2-17-8-10-33-11-9-17)28(38)36-15-20(41-16-18-3-4-19(29)12-22(18)30)13-24(36)27(37)34-14-21-5-7-25(42-21)26(31)32/h3-4,7,12,17,20-21,23-24,33,35H,2,5-6,8-11,13-16H2,1H3,(H3,31,32)(H,34,37)/t20-,21?,23-,24+/m1/s1. The minimum atomic E-state index is -3.69. The minimum Gasteiger partial charge on any atom is -0.383 e. The number of hydrogen-bond acceptors (Lipinski definition) is 8. The maximum absolute atomic E-state index is 14.0. The molecule has 1 unspecified atom stereocenters. The molecule has 43 heavy (non-hydrogen) atoms. The van der Waals surface area contributed by atoms with E-state index in [1.54, 1.807) is 18.2 Å². The number of sulfonamides is 1. The molecular formula is C28H40Cl2N6O5S2. The first-order valence-electron chi connectivity index (χ1n) is 14.4. The molecule has 4 atom stereocenters. The predicted octanol–water partition coefficient (Wildman–Crippen LogP) is 2.62. The van der Waals surface area contributed by atoms with Crippen LogP contribution in [-0.4, -0.2) is 86.8 Å². The molecule has 6 N–H and O–H groups in total. The molecule has 2 fully saturated rings. The van der Waals surface area contributed by atoms with Crippen molar-refractivity contribution in [3.05, 3.63) is 44.8 Å². The van der Waals surface area contributed by atoms with E-state index in [9.17, 15) is 18.0 Å². The van der Waals surface area contributed by atoms with Crippen molar-refractivity contribution in [2.24, 2.45) is 11.7 Å². The van der Waals surface area contributed by atoms with Gasteiger partial charge in [-0.3, -0.25) is 15.0 Å². The molecule has 11 nitrogen and oxygen atoms in total. The average Bonchev–Trinajstić information content (AvgIpc) is 3.61. The van der Waals surface area contributed by atoms with Gasteiger partial charge in [0.25, 0.3) is 0 Å². The van der Waals surface area contributed by atoms with Crippen molar-refractivity contribution < 1.29 is 22.7 Å². The number of nitrogens with one attached hydrogen (secondary N) is 4. The number of carbonyl (C=O) groups is 2. The van der Waals surface area contributed by atoms with E-state index in [2.05, 4.69) is 15.4 Å². The quantitative estimate of drug-likeness (QED) is 0.157. The minimum absolute atomic E-state index is 0.00100. The number of allylic oxidation sites excluding steroid dienone is 1. The number of benzene rings is 1. The van der Waals surface area contributed by atoms with Crippen molar-refractivity contribution >= 4 is 62.6 Å². The number of hydrogen-bond donors (Lipinski definition) is 5. The lowest BCUT2D eigenvalue weighted by atomic mass is 9.91. The second-order valence-electron chi connectivity index (χ2n) is 11.3. The SMILES string of the molecule is CS(=O)(=O)N[C@H](CCC1CCNCC1)C(=O)N1C[C@H](OCc2ccc(Cl)cc2Cl)C[C@H]1C(=O)NCC1CC=C(C(=N)N)S1. The van der Waals surface area contributed by atoms with E-state index in [-0.39, 0.29) is 36.6 Å². The van der Waals surface area contributed by atoms with Crippen molar-refractivity contribution in [3.8, 4) is 0 Å². The lowest BCUT2D eigenvalue weighted by molar-refractivity contribution is -0.140. The van der Waals surface area contributed by atoms with E-state index >= 15 is 0 Å². The Balaban J connectivity index is 1.46. The van der Waals surface area contributed by atoms with Gasteiger partial charge in [0.2, 0.25) is 21.8 Å². The third-order valence-electron chi connectivity index (χ3n) is 7.94. The van der Waals surface area contributed by atoms with E-state index in [4.69, 9.17) is 39.1 Å². The predicted molar refractivity (Wildman–Crippen MR) is 171 cm³/mol. The number of likely N-dealkylation sites (tertiary alicyclic amines) is 1. The van der Waals surface area contributed by atoms with Crippen molar-refractivity contribution in [2.75, 3.05) is 32.4 Å². The fourth-order valence-electron chi connectivity index (χ4n) is 5.67. The molecule has 0 aliphatic carbocycles. The van der Waals surface area contributed by atoms with Crippen LogP contribution in [0, 0.1) is 11.3 Å². The summed E-state index contributed by atoms with van der Waals surface area (Å²) < 4.78 is 33.2. The van der Waals surface area contributed by atoms with Gasteiger partial charge in [-0.15, -0.1) is 11.8 Å². The molecule has 0 aromatic heterocycles. The fourth-order valence-corrected chi connectivity index (χ4v) is 7.90. The van der Waals surface area contributed by atoms with Crippen LogP contribution in [0.5, 0.6) is 0 Å². The zero-order valence-electron chi connectivity index (χ0n) is 24.1. The van der Waals surface area contributed by atoms with Crippen LogP contribution in [0.25, 0.3) is 0 Å². The van der Waals surface area contributed by atoms with E-state index < -0.39 is 34.1 Å². The summed E-state index contributed by atoms with van der Waals surface area (Å²) in [5.41, 5.74) is 6.32. The number of rotatable bonds is 13. The van der Waals surface area contributed by atoms with Crippen LogP contribution in [0.2, 0.25) is 10.0 Å². The second kappa shape index (κ2) is 15.4. The largest absolute Gasteiger partial charge is 0.383 e. The smallest absolute Gasteiger partial charge is 0.242 e. The summed E-state index contributed by atoms with van der Waals surface area (Å²) in [7, 11) is -3.69. The Morgan fingerprint density at radius 1 is 1.28 bits per heavy atom. The normalized spacial score (nSPS) is 23.7. The summed E-state index contributed by atoms with van der Waals surface area (Å²) in [5, 5.41) is 14.9. The summed E-state index contributed by atoms with van der Waals surface area (Å²) in [6, 6.07) is 3.27. The van der Waals surface area contributed by atoms with Gasteiger partial charge < -0.3 is 26.0 Å². The molecule has 1 aromatic carbocycles. The third-order valence-corrected chi connectivity index (χ3v) is 10.6. The molecule has 2 amide bonds. The highest BCUT2D eigenvalue weighted by Gasteiger charge is 2.43. The number of amidine groups is 1. The van der Waals surface area contributed by atoms with Crippen LogP contribution >= 0.6 is 35.0 Å². The van der Waals surface area contributed by atoms with E-state index in [0.717, 1.165) is 37.8 Å². The van der Waals surface area contributed by atoms with E-state index in [1.807, 2.05) is 6.08 Å². The Kier molecular flexibility index (Phi) is 12.2. The highest BCUT2D eigenvalue weighted by Crippen LogP contribution is 2.32. The van der Waals surface area contributed by atoms with Gasteiger partial charge in [0.1, 0.15) is 17.9 Å². The highest BCUT2D eigenvalue weighted by atomic mass is 35.5. The van der Waals surface area contributed by atoms with Gasteiger partial charge in [0.15, 0.2) is 0 Å². The molecule has 238 valence electrons. The molecule has 3 aliphatic rings. The van der Waals surface area contributed by atoms with Crippen molar-refractivity contribution in [1.29, 1.82) is 5.41 Å². The molecule has 4 rings (SSSR count). The summed E-state index contributed by atoms with van der Waals surface area (Å²) >= 11 is 13.8. The topological polar surface area (TPSA) is 167 Å². The maximum atomic E-state index is 14.0. The number of carbonyl (C=O) groups excluding carboxylic acids is 2. The van der Waals surface area contributed by atoms with Gasteiger partial charge >= 0.3 is 0 Å². The first-order chi connectivity index (χ1) is 20.4. The second-order valence-corrected chi connectivity index (χ2v) is 15.3. The molecule has 15 heteroatoms. The zero-order chi connectivity index (χ0) is 31.1. The molecule has 0 spiro atoms. The number of thioether (sulfide) groups is 1. The summed E-state index contributed by atoms with van der Waals surface area (Å²) in [4.78, 5) is 29.6. The van der Waals surface area contributed by atoms with Crippen LogP contribution in [-0.2, 0) is 31.0 Å². The van der Waals surface area contributed by atoms with E-state index in [0.29, 0.717) is 46.7 Å². The number of piperidine rings is 1. The Bertz CT molecular complexity index is 1320. The van der Waals surface area contributed by atoms with Crippen LogP contribution < -0.4 is 21.1 Å². The van der Waals surface area contributed by atoms with Crippen molar-refractivity contribution in [2.45, 2.75) is 68.6 Å². The number of nitrogens with two attached hydrogens (primary N) is 1. The lowest BCUT2D eigenvalue weighted by Gasteiger charge is -2.30. The molecule has 0 bridgehead atoms. The number of amides is 2. The summed E-state index contributed by atoms with van der Waals surface area (Å²) in [6.07, 6.45) is 6.34. The first kappa shape index (κ1) is 34.0. The van der Waals surface area contributed by atoms with Gasteiger partial charge in [-0.1, -0.05) is 35.3 Å². The van der Waals surface area contributed by atoms with Crippen LogP contribution in [0.1, 0.15) is 44.1 Å². The van der Waals surface area contributed by atoms with Gasteiger partial charge in [-0.2, -0.15) is 0 Å². The number of ether oxygens (including phenoxy) is 1. The molecule has 0 radical (unpaired) electrons. The summed E-state index contributed by atoms with van der Waals surface area (Å²) in [6.45, 7) is 2.43. The Labute approximate surface area is 267 Å². The van der Waals surface area contributed by atoms with Crippen LogP contribution in [0.15, 0.2) is 29.2 Å². The average molecular weight is 676 g/mol. The molecule has 2 saturated heterocycles. The zero-order valence-corrected chi connectivity index (χ0v) is 27.3. The molecule has 3 aliphatic heterocycles. The Morgan fingerprint density at radius 2 is 2.02 bits per heavy atom. The highest BCUT2D eigenvalue weighted by molar-refractivity contribution is 8.04. The maximum Gasteiger partial charge on any atom is 0.242 e. The van der Waals surface area contributed by atoms with Crippen LogP contribution in [0.3, 0.4) is 0 Å². The van der Waals surface area contributed by atoms with Gasteiger partial charge in [0, 0.05) is 39.7 Å². The Morgan fingerprint density at radius 3 is 2.67 bits per heavy atom. The Hall–Kier alpha value is -1.87. The molecule has 0 saturated carbocycles. The van der Waals surface area contributed by atoms with Gasteiger partial charge in [-0.25, -0.2) is 13.1 Å². The molecule has 3 heterocycles. The lowest BCUT2D eigenvalue weighted by Crippen LogP contribution is -2.54. The van der Waals surface area contributed by atoms with Crippen molar-refractivity contribution in [1.82, 2.24) is 20.3 Å². The summed E-state index contributed by atoms with van der Waals surface area (Å²) in [5.74, 6) is -0.377. The van der Waals surface area contributed by atoms with Gasteiger partial charge in [-0.05, 0) is 68.8 Å². The van der Waals surface area contributed by atoms with Gasteiger partial charge in [0.05, 0.1) is 19.0 Å². The molecular weight excluding hydrogens is 635 g/mol. The first-order valence-corrected chi connectivity index (χ1v) is 17.9. The number of nitrogens with zero attached hydrogens (tertiary/aromatic N) is 1. The fraction of sp³-hybridized carbons (Fsp3) is 0.607. The third kappa shape index (κ3) is 10.1. The monoisotopic (exact) mass is 674 g/mol.